The Labute approximate surface area is 124 Å². The fraction of sp³-hybridized carbons (Fsp3) is 0.571. The van der Waals surface area contributed by atoms with Gasteiger partial charge in [-0.2, -0.15) is 0 Å². The molecular formula is C14H26N4O3. The molecule has 0 aromatic carbocycles. The first-order valence-electron chi connectivity index (χ1n) is 6.95. The summed E-state index contributed by atoms with van der Waals surface area (Å²) in [4.78, 5) is 22.0. The number of fused-ring (bicyclic) bond motifs is 1. The van der Waals surface area contributed by atoms with Crippen molar-refractivity contribution in [2.24, 2.45) is 5.92 Å². The molecule has 7 heteroatoms. The summed E-state index contributed by atoms with van der Waals surface area (Å²) < 4.78 is 0. The molecule has 0 fully saturated rings. The smallest absolute Gasteiger partial charge is 0.275 e. The lowest BCUT2D eigenvalue weighted by Gasteiger charge is -2.15. The van der Waals surface area contributed by atoms with Crippen molar-refractivity contribution < 1.29 is 10.2 Å². The highest BCUT2D eigenvalue weighted by molar-refractivity contribution is 5.72. The summed E-state index contributed by atoms with van der Waals surface area (Å²) in [7, 11) is 3.83. The van der Waals surface area contributed by atoms with Gasteiger partial charge < -0.3 is 25.1 Å². The van der Waals surface area contributed by atoms with Crippen LogP contribution in [0, 0.1) is 5.92 Å². The third-order valence-electron chi connectivity index (χ3n) is 2.49. The van der Waals surface area contributed by atoms with Gasteiger partial charge in [-0.1, -0.05) is 13.8 Å². The Morgan fingerprint density at radius 2 is 1.86 bits per heavy atom. The SMILES string of the molecule is CC.CN(C)CC(CO)CO.O=c1[nH]cnc2cc[nH]c12. The minimum absolute atomic E-state index is 0.0139. The molecule has 2 aromatic heterocycles. The summed E-state index contributed by atoms with van der Waals surface area (Å²) >= 11 is 0. The summed E-state index contributed by atoms with van der Waals surface area (Å²) in [5.74, 6) is 0.0139. The van der Waals surface area contributed by atoms with E-state index in [1.54, 1.807) is 12.3 Å². The van der Waals surface area contributed by atoms with E-state index in [0.717, 1.165) is 6.54 Å². The third kappa shape index (κ3) is 7.03. The molecule has 0 atom stereocenters. The van der Waals surface area contributed by atoms with Gasteiger partial charge in [-0.3, -0.25) is 4.79 Å². The Morgan fingerprint density at radius 1 is 1.24 bits per heavy atom. The first-order chi connectivity index (χ1) is 10.1. The van der Waals surface area contributed by atoms with Crippen LogP contribution in [0.4, 0.5) is 0 Å². The maximum Gasteiger partial charge on any atom is 0.275 e. The van der Waals surface area contributed by atoms with Crippen molar-refractivity contribution in [1.82, 2.24) is 19.9 Å². The lowest BCUT2D eigenvalue weighted by Crippen LogP contribution is -2.26. The summed E-state index contributed by atoms with van der Waals surface area (Å²) in [6, 6.07) is 1.75. The highest BCUT2D eigenvalue weighted by Crippen LogP contribution is 1.99. The maximum atomic E-state index is 10.9. The number of H-pyrrole nitrogens is 2. The second-order valence-electron chi connectivity index (χ2n) is 4.46. The molecule has 0 spiro atoms. The Morgan fingerprint density at radius 3 is 2.29 bits per heavy atom. The van der Waals surface area contributed by atoms with Crippen LogP contribution in [0.3, 0.4) is 0 Å². The molecular weight excluding hydrogens is 272 g/mol. The molecule has 0 aliphatic heterocycles. The first kappa shape index (κ1) is 19.3. The Balaban J connectivity index is 0.000000344. The molecule has 0 aliphatic carbocycles. The zero-order chi connectivity index (χ0) is 16.3. The summed E-state index contributed by atoms with van der Waals surface area (Å²) in [5.41, 5.74) is 1.10. The van der Waals surface area contributed by atoms with E-state index in [9.17, 15) is 4.79 Å². The summed E-state index contributed by atoms with van der Waals surface area (Å²) in [6.45, 7) is 4.87. The van der Waals surface area contributed by atoms with Gasteiger partial charge in [0.05, 0.1) is 11.8 Å². The molecule has 0 aliphatic rings. The van der Waals surface area contributed by atoms with Gasteiger partial charge in [-0.15, -0.1) is 0 Å². The molecule has 0 saturated carbocycles. The molecule has 0 amide bonds. The van der Waals surface area contributed by atoms with Gasteiger partial charge in [0.25, 0.3) is 5.56 Å². The van der Waals surface area contributed by atoms with E-state index in [4.69, 9.17) is 10.2 Å². The fourth-order valence-electron chi connectivity index (χ4n) is 1.57. The Bertz CT molecular complexity index is 532. The van der Waals surface area contributed by atoms with Crippen LogP contribution in [-0.2, 0) is 0 Å². The number of hydrogen-bond acceptors (Lipinski definition) is 5. The van der Waals surface area contributed by atoms with Gasteiger partial charge in [-0.05, 0) is 20.2 Å². The number of nitrogens with zero attached hydrogens (tertiary/aromatic N) is 2. The molecule has 2 rings (SSSR count). The predicted molar refractivity (Wildman–Crippen MR) is 84.3 cm³/mol. The van der Waals surface area contributed by atoms with Crippen molar-refractivity contribution in [1.29, 1.82) is 0 Å². The number of aliphatic hydroxyl groups excluding tert-OH is 2. The van der Waals surface area contributed by atoms with Gasteiger partial charge in [0.2, 0.25) is 0 Å². The summed E-state index contributed by atoms with van der Waals surface area (Å²) in [5, 5.41) is 17.2. The average Bonchev–Trinajstić information content (AvgIpc) is 2.97. The second kappa shape index (κ2) is 11.0. The van der Waals surface area contributed by atoms with E-state index >= 15 is 0 Å². The lowest BCUT2D eigenvalue weighted by atomic mass is 10.2. The van der Waals surface area contributed by atoms with Gasteiger partial charge >= 0.3 is 0 Å². The molecule has 2 heterocycles. The standard InChI is InChI=1S/C6H5N3O.C6H15NO2.C2H6/c10-6-5-4(1-2-7-5)8-3-9-6;1-7(2)3-6(4-8)5-9;1-2/h1-3,7H,(H,8,9,10);6,8-9H,3-5H2,1-2H3;1-2H3. The molecule has 7 nitrogen and oxygen atoms in total. The Kier molecular flexibility index (Phi) is 10.1. The minimum Gasteiger partial charge on any atom is -0.396 e. The summed E-state index contributed by atoms with van der Waals surface area (Å²) in [6.07, 6.45) is 3.07. The average molecular weight is 298 g/mol. The van der Waals surface area contributed by atoms with E-state index in [1.165, 1.54) is 6.33 Å². The van der Waals surface area contributed by atoms with Gasteiger partial charge in [0.15, 0.2) is 0 Å². The van der Waals surface area contributed by atoms with Crippen molar-refractivity contribution in [2.45, 2.75) is 13.8 Å². The highest BCUT2D eigenvalue weighted by Gasteiger charge is 2.05. The molecule has 0 saturated heterocycles. The molecule has 0 unspecified atom stereocenters. The van der Waals surface area contributed by atoms with Gasteiger partial charge in [-0.25, -0.2) is 4.98 Å². The van der Waals surface area contributed by atoms with Crippen LogP contribution in [0.15, 0.2) is 23.4 Å². The largest absolute Gasteiger partial charge is 0.396 e. The molecule has 0 radical (unpaired) electrons. The van der Waals surface area contributed by atoms with Crippen LogP contribution in [0.1, 0.15) is 13.8 Å². The lowest BCUT2D eigenvalue weighted by molar-refractivity contribution is 0.126. The molecule has 0 bridgehead atoms. The number of rotatable bonds is 4. The topological polar surface area (TPSA) is 105 Å². The third-order valence-corrected chi connectivity index (χ3v) is 2.49. The minimum atomic E-state index is -0.130. The molecule has 120 valence electrons. The van der Waals surface area contributed by atoms with E-state index in [2.05, 4.69) is 15.0 Å². The van der Waals surface area contributed by atoms with E-state index in [1.807, 2.05) is 32.8 Å². The fourth-order valence-corrected chi connectivity index (χ4v) is 1.57. The maximum absolute atomic E-state index is 10.9. The molecule has 21 heavy (non-hydrogen) atoms. The number of aliphatic hydroxyl groups is 2. The number of aromatic nitrogens is 3. The van der Waals surface area contributed by atoms with E-state index in [-0.39, 0.29) is 24.7 Å². The monoisotopic (exact) mass is 298 g/mol. The Hall–Kier alpha value is -1.70. The van der Waals surface area contributed by atoms with Crippen LogP contribution in [0.5, 0.6) is 0 Å². The quantitative estimate of drug-likeness (QED) is 0.655. The van der Waals surface area contributed by atoms with Crippen molar-refractivity contribution in [3.8, 4) is 0 Å². The van der Waals surface area contributed by atoms with Gasteiger partial charge in [0, 0.05) is 31.9 Å². The van der Waals surface area contributed by atoms with Crippen molar-refractivity contribution >= 4 is 11.0 Å². The number of hydrogen-bond donors (Lipinski definition) is 4. The zero-order valence-electron chi connectivity index (χ0n) is 13.1. The van der Waals surface area contributed by atoms with Crippen LogP contribution in [0.25, 0.3) is 11.0 Å². The van der Waals surface area contributed by atoms with Crippen LogP contribution in [-0.4, -0.2) is 63.9 Å². The second-order valence-corrected chi connectivity index (χ2v) is 4.46. The first-order valence-corrected chi connectivity index (χ1v) is 6.95. The highest BCUT2D eigenvalue weighted by atomic mass is 16.3. The van der Waals surface area contributed by atoms with E-state index in [0.29, 0.717) is 11.0 Å². The van der Waals surface area contributed by atoms with Crippen LogP contribution >= 0.6 is 0 Å². The van der Waals surface area contributed by atoms with Crippen LogP contribution < -0.4 is 5.56 Å². The van der Waals surface area contributed by atoms with Crippen molar-refractivity contribution in [2.75, 3.05) is 33.9 Å². The van der Waals surface area contributed by atoms with Gasteiger partial charge in [0.1, 0.15) is 5.52 Å². The molecule has 2 aromatic rings. The van der Waals surface area contributed by atoms with Crippen molar-refractivity contribution in [3.05, 3.63) is 28.9 Å². The number of nitrogens with one attached hydrogen (secondary N) is 2. The number of aromatic amines is 2. The normalized spacial score (nSPS) is 10.1. The molecule has 4 N–H and O–H groups in total. The van der Waals surface area contributed by atoms with Crippen LogP contribution in [0.2, 0.25) is 0 Å². The van der Waals surface area contributed by atoms with Crippen molar-refractivity contribution in [3.63, 3.8) is 0 Å². The zero-order valence-corrected chi connectivity index (χ0v) is 13.1. The predicted octanol–water partition coefficient (Wildman–Crippen LogP) is 0.426. The van der Waals surface area contributed by atoms with E-state index < -0.39 is 0 Å².